The highest BCUT2D eigenvalue weighted by molar-refractivity contribution is 9.10. The average Bonchev–Trinajstić information content (AvgIpc) is 3.11. The summed E-state index contributed by atoms with van der Waals surface area (Å²) in [6.07, 6.45) is 3.32. The number of aromatic nitrogens is 4. The lowest BCUT2D eigenvalue weighted by molar-refractivity contribution is -0.119. The molecule has 0 radical (unpaired) electrons. The van der Waals surface area contributed by atoms with E-state index >= 15 is 0 Å². The van der Waals surface area contributed by atoms with Crippen LogP contribution in [0.3, 0.4) is 0 Å². The van der Waals surface area contributed by atoms with Crippen molar-refractivity contribution >= 4 is 27.5 Å². The molecule has 0 aliphatic carbocycles. The SMILES string of the molecule is CC(C(=O)Nc1ccc(Br)cc1)n1nc(-n2cccn2)ccc1=O. The van der Waals surface area contributed by atoms with Crippen LogP contribution in [0, 0.1) is 0 Å². The van der Waals surface area contributed by atoms with Crippen LogP contribution in [0.5, 0.6) is 0 Å². The van der Waals surface area contributed by atoms with Gasteiger partial charge in [-0.2, -0.15) is 5.10 Å². The predicted octanol–water partition coefficient (Wildman–Crippen LogP) is 2.39. The van der Waals surface area contributed by atoms with Crippen LogP contribution in [0.1, 0.15) is 13.0 Å². The van der Waals surface area contributed by atoms with Gasteiger partial charge in [-0.15, -0.1) is 5.10 Å². The third-order valence-electron chi connectivity index (χ3n) is 3.41. The van der Waals surface area contributed by atoms with Gasteiger partial charge in [-0.1, -0.05) is 15.9 Å². The molecule has 1 amide bonds. The van der Waals surface area contributed by atoms with Crippen LogP contribution >= 0.6 is 15.9 Å². The molecule has 1 atom stereocenters. The number of benzene rings is 1. The lowest BCUT2D eigenvalue weighted by Gasteiger charge is -2.15. The van der Waals surface area contributed by atoms with Crippen LogP contribution in [0.2, 0.25) is 0 Å². The molecule has 2 aromatic heterocycles. The number of rotatable bonds is 4. The van der Waals surface area contributed by atoms with Gasteiger partial charge in [-0.05, 0) is 43.3 Å². The Morgan fingerprint density at radius 2 is 1.96 bits per heavy atom. The summed E-state index contributed by atoms with van der Waals surface area (Å²) in [7, 11) is 0. The van der Waals surface area contributed by atoms with E-state index in [1.807, 2.05) is 12.1 Å². The maximum Gasteiger partial charge on any atom is 0.267 e. The number of carbonyl (C=O) groups is 1. The van der Waals surface area contributed by atoms with Crippen molar-refractivity contribution in [1.82, 2.24) is 19.6 Å². The second kappa shape index (κ2) is 6.79. The summed E-state index contributed by atoms with van der Waals surface area (Å²) in [6, 6.07) is 11.1. The lowest BCUT2D eigenvalue weighted by atomic mass is 10.2. The standard InChI is InChI=1S/C16H14BrN5O2/c1-11(16(24)19-13-5-3-12(17)4-6-13)22-15(23)8-7-14(20-22)21-10-2-9-18-21/h2-11H,1H3,(H,19,24). The van der Waals surface area contributed by atoms with E-state index in [-0.39, 0.29) is 11.5 Å². The van der Waals surface area contributed by atoms with E-state index in [4.69, 9.17) is 0 Å². The molecule has 0 aliphatic rings. The van der Waals surface area contributed by atoms with Crippen molar-refractivity contribution in [2.45, 2.75) is 13.0 Å². The molecule has 3 aromatic rings. The van der Waals surface area contributed by atoms with E-state index < -0.39 is 6.04 Å². The molecule has 7 nitrogen and oxygen atoms in total. The minimum Gasteiger partial charge on any atom is -0.324 e. The van der Waals surface area contributed by atoms with Gasteiger partial charge >= 0.3 is 0 Å². The smallest absolute Gasteiger partial charge is 0.267 e. The molecule has 0 fully saturated rings. The highest BCUT2D eigenvalue weighted by Gasteiger charge is 2.18. The zero-order valence-corrected chi connectivity index (χ0v) is 14.3. The number of carbonyl (C=O) groups excluding carboxylic acids is 1. The van der Waals surface area contributed by atoms with Gasteiger partial charge < -0.3 is 5.32 Å². The summed E-state index contributed by atoms with van der Waals surface area (Å²) in [5.74, 6) is 0.132. The molecular formula is C16H14BrN5O2. The van der Waals surface area contributed by atoms with E-state index in [9.17, 15) is 9.59 Å². The fourth-order valence-corrected chi connectivity index (χ4v) is 2.37. The fourth-order valence-electron chi connectivity index (χ4n) is 2.11. The van der Waals surface area contributed by atoms with Crippen molar-refractivity contribution in [3.8, 4) is 5.82 Å². The Balaban J connectivity index is 1.84. The summed E-state index contributed by atoms with van der Waals surface area (Å²) in [5, 5.41) is 11.1. The van der Waals surface area contributed by atoms with Crippen molar-refractivity contribution in [2.75, 3.05) is 5.32 Å². The predicted molar refractivity (Wildman–Crippen MR) is 93.1 cm³/mol. The van der Waals surface area contributed by atoms with Crippen LogP contribution in [0.25, 0.3) is 5.82 Å². The molecule has 0 saturated heterocycles. The number of anilines is 1. The summed E-state index contributed by atoms with van der Waals surface area (Å²) >= 11 is 3.34. The van der Waals surface area contributed by atoms with Crippen molar-refractivity contribution in [1.29, 1.82) is 0 Å². The van der Waals surface area contributed by atoms with Gasteiger partial charge in [-0.25, -0.2) is 9.36 Å². The monoisotopic (exact) mass is 387 g/mol. The Morgan fingerprint density at radius 1 is 1.21 bits per heavy atom. The molecule has 24 heavy (non-hydrogen) atoms. The van der Waals surface area contributed by atoms with E-state index in [0.717, 1.165) is 9.15 Å². The van der Waals surface area contributed by atoms with Crippen molar-refractivity contribution in [3.05, 3.63) is 69.7 Å². The Hall–Kier alpha value is -2.74. The molecule has 8 heteroatoms. The molecular weight excluding hydrogens is 374 g/mol. The minimum absolute atomic E-state index is 0.329. The molecule has 1 N–H and O–H groups in total. The lowest BCUT2D eigenvalue weighted by Crippen LogP contribution is -2.33. The highest BCUT2D eigenvalue weighted by atomic mass is 79.9. The summed E-state index contributed by atoms with van der Waals surface area (Å²) in [5.41, 5.74) is 0.288. The summed E-state index contributed by atoms with van der Waals surface area (Å²) < 4.78 is 3.58. The fraction of sp³-hybridized carbons (Fsp3) is 0.125. The topological polar surface area (TPSA) is 81.8 Å². The molecule has 0 spiro atoms. The highest BCUT2D eigenvalue weighted by Crippen LogP contribution is 2.15. The first kappa shape index (κ1) is 16.1. The van der Waals surface area contributed by atoms with Gasteiger partial charge in [-0.3, -0.25) is 9.59 Å². The second-order valence-electron chi connectivity index (χ2n) is 5.10. The summed E-state index contributed by atoms with van der Waals surface area (Å²) in [6.45, 7) is 1.62. The van der Waals surface area contributed by atoms with Crippen LogP contribution in [0.4, 0.5) is 5.69 Å². The second-order valence-corrected chi connectivity index (χ2v) is 6.01. The Morgan fingerprint density at radius 3 is 2.62 bits per heavy atom. The van der Waals surface area contributed by atoms with Gasteiger partial charge in [0, 0.05) is 28.6 Å². The van der Waals surface area contributed by atoms with Crippen molar-refractivity contribution < 1.29 is 4.79 Å². The number of hydrogen-bond acceptors (Lipinski definition) is 4. The first-order valence-electron chi connectivity index (χ1n) is 7.21. The Kier molecular flexibility index (Phi) is 4.57. The number of nitrogens with one attached hydrogen (secondary N) is 1. The van der Waals surface area contributed by atoms with Gasteiger partial charge in [0.2, 0.25) is 5.91 Å². The summed E-state index contributed by atoms with van der Waals surface area (Å²) in [4.78, 5) is 24.5. The van der Waals surface area contributed by atoms with Crippen LogP contribution < -0.4 is 10.9 Å². The van der Waals surface area contributed by atoms with Gasteiger partial charge in [0.05, 0.1) is 0 Å². The molecule has 3 rings (SSSR count). The van der Waals surface area contributed by atoms with Crippen molar-refractivity contribution in [2.24, 2.45) is 0 Å². The molecule has 0 aliphatic heterocycles. The van der Waals surface area contributed by atoms with E-state index in [1.165, 1.54) is 10.7 Å². The first-order chi connectivity index (χ1) is 11.5. The zero-order valence-electron chi connectivity index (χ0n) is 12.8. The van der Waals surface area contributed by atoms with E-state index in [2.05, 4.69) is 31.4 Å². The molecule has 0 saturated carbocycles. The third-order valence-corrected chi connectivity index (χ3v) is 3.94. The van der Waals surface area contributed by atoms with Crippen LogP contribution in [-0.4, -0.2) is 25.5 Å². The number of hydrogen-bond donors (Lipinski definition) is 1. The largest absolute Gasteiger partial charge is 0.324 e. The molecule has 2 heterocycles. The van der Waals surface area contributed by atoms with Crippen LogP contribution in [-0.2, 0) is 4.79 Å². The van der Waals surface area contributed by atoms with Crippen molar-refractivity contribution in [3.63, 3.8) is 0 Å². The van der Waals surface area contributed by atoms with Gasteiger partial charge in [0.1, 0.15) is 6.04 Å². The Bertz CT molecular complexity index is 903. The quantitative estimate of drug-likeness (QED) is 0.744. The van der Waals surface area contributed by atoms with E-state index in [1.54, 1.807) is 43.6 Å². The average molecular weight is 388 g/mol. The molecule has 1 aromatic carbocycles. The maximum atomic E-state index is 12.4. The number of nitrogens with zero attached hydrogens (tertiary/aromatic N) is 4. The zero-order chi connectivity index (χ0) is 17.1. The first-order valence-corrected chi connectivity index (χ1v) is 8.00. The molecule has 1 unspecified atom stereocenters. The van der Waals surface area contributed by atoms with E-state index in [0.29, 0.717) is 11.5 Å². The Labute approximate surface area is 146 Å². The number of halogens is 1. The number of amides is 1. The van der Waals surface area contributed by atoms with Crippen LogP contribution in [0.15, 0.2) is 64.1 Å². The molecule has 0 bridgehead atoms. The molecule has 122 valence electrons. The third kappa shape index (κ3) is 3.43. The maximum absolute atomic E-state index is 12.4. The normalized spacial score (nSPS) is 11.9. The van der Waals surface area contributed by atoms with Gasteiger partial charge in [0.25, 0.3) is 5.56 Å². The minimum atomic E-state index is -0.767. The van der Waals surface area contributed by atoms with Gasteiger partial charge in [0.15, 0.2) is 5.82 Å².